The van der Waals surface area contributed by atoms with E-state index in [1.54, 1.807) is 4.90 Å². The number of rotatable bonds is 4. The van der Waals surface area contributed by atoms with E-state index in [0.717, 1.165) is 11.4 Å². The van der Waals surface area contributed by atoms with E-state index in [1.165, 1.54) is 0 Å². The van der Waals surface area contributed by atoms with Crippen molar-refractivity contribution >= 4 is 11.6 Å². The molecule has 18 heavy (non-hydrogen) atoms. The molecule has 0 unspecified atom stereocenters. The summed E-state index contributed by atoms with van der Waals surface area (Å²) < 4.78 is 11.0. The maximum atomic E-state index is 11.9. The number of nitrogens with zero attached hydrogens (tertiary/aromatic N) is 1. The Kier molecular flexibility index (Phi) is 4.04. The third-order valence-corrected chi connectivity index (χ3v) is 2.79. The Bertz CT molecular complexity index is 434. The summed E-state index contributed by atoms with van der Waals surface area (Å²) in [7, 11) is 0. The smallest absolute Gasteiger partial charge is 0.226 e. The van der Waals surface area contributed by atoms with E-state index in [9.17, 15) is 4.79 Å². The second-order valence-corrected chi connectivity index (χ2v) is 4.02. The van der Waals surface area contributed by atoms with Crippen LogP contribution in [0.1, 0.15) is 13.3 Å². The molecule has 1 aromatic carbocycles. The summed E-state index contributed by atoms with van der Waals surface area (Å²) in [5.74, 6) is 1.46. The predicted octanol–water partition coefficient (Wildman–Crippen LogP) is 1.16. The summed E-state index contributed by atoms with van der Waals surface area (Å²) >= 11 is 0. The van der Waals surface area contributed by atoms with Crippen molar-refractivity contribution in [1.29, 1.82) is 0 Å². The van der Waals surface area contributed by atoms with Gasteiger partial charge in [0.25, 0.3) is 0 Å². The van der Waals surface area contributed by atoms with Crippen molar-refractivity contribution in [3.63, 3.8) is 0 Å². The molecule has 0 spiro atoms. The number of hydrogen-bond donors (Lipinski definition) is 1. The minimum Gasteiger partial charge on any atom is -0.486 e. The number of carbonyl (C=O) groups excluding carboxylic acids is 1. The maximum absolute atomic E-state index is 11.9. The second kappa shape index (κ2) is 5.73. The number of ether oxygens (including phenoxy) is 2. The molecular formula is C13H18N2O3. The SMILES string of the molecule is CCC(=O)N(CCN)c1ccc2c(c1)OCCO2. The number of hydrogen-bond acceptors (Lipinski definition) is 4. The van der Waals surface area contributed by atoms with Gasteiger partial charge in [0, 0.05) is 31.3 Å². The standard InChI is InChI=1S/C13H18N2O3/c1-2-13(16)15(6-5-14)10-3-4-11-12(9-10)18-8-7-17-11/h3-4,9H,2,5-8,14H2,1H3. The van der Waals surface area contributed by atoms with Crippen molar-refractivity contribution < 1.29 is 14.3 Å². The first-order valence-corrected chi connectivity index (χ1v) is 6.16. The van der Waals surface area contributed by atoms with Crippen LogP contribution in [-0.4, -0.2) is 32.2 Å². The molecule has 1 heterocycles. The summed E-state index contributed by atoms with van der Waals surface area (Å²) in [6.07, 6.45) is 0.453. The molecule has 1 aliphatic rings. The van der Waals surface area contributed by atoms with Crippen LogP contribution in [0.25, 0.3) is 0 Å². The molecule has 1 aliphatic heterocycles. The zero-order valence-electron chi connectivity index (χ0n) is 10.5. The third kappa shape index (κ3) is 2.56. The Hall–Kier alpha value is -1.75. The van der Waals surface area contributed by atoms with Crippen LogP contribution in [0.5, 0.6) is 11.5 Å². The molecule has 5 heteroatoms. The predicted molar refractivity (Wildman–Crippen MR) is 69.1 cm³/mol. The lowest BCUT2D eigenvalue weighted by molar-refractivity contribution is -0.118. The van der Waals surface area contributed by atoms with Crippen molar-refractivity contribution in [3.8, 4) is 11.5 Å². The average Bonchev–Trinajstić information content (AvgIpc) is 2.43. The molecule has 5 nitrogen and oxygen atoms in total. The lowest BCUT2D eigenvalue weighted by Gasteiger charge is -2.24. The average molecular weight is 250 g/mol. The normalized spacial score (nSPS) is 13.2. The monoisotopic (exact) mass is 250 g/mol. The number of carbonyl (C=O) groups is 1. The highest BCUT2D eigenvalue weighted by Crippen LogP contribution is 2.34. The fraction of sp³-hybridized carbons (Fsp3) is 0.462. The molecule has 0 aromatic heterocycles. The number of fused-ring (bicyclic) bond motifs is 1. The van der Waals surface area contributed by atoms with Gasteiger partial charge in [-0.3, -0.25) is 4.79 Å². The number of anilines is 1. The first-order chi connectivity index (χ1) is 8.76. The molecule has 0 aliphatic carbocycles. The molecule has 0 radical (unpaired) electrons. The first-order valence-electron chi connectivity index (χ1n) is 6.16. The van der Waals surface area contributed by atoms with E-state index in [1.807, 2.05) is 25.1 Å². The summed E-state index contributed by atoms with van der Waals surface area (Å²) in [6.45, 7) is 3.87. The summed E-state index contributed by atoms with van der Waals surface area (Å²) in [6, 6.07) is 5.52. The number of amides is 1. The van der Waals surface area contributed by atoms with Gasteiger partial charge in [-0.05, 0) is 12.1 Å². The van der Waals surface area contributed by atoms with Gasteiger partial charge in [0.1, 0.15) is 13.2 Å². The van der Waals surface area contributed by atoms with Gasteiger partial charge in [0.15, 0.2) is 11.5 Å². The third-order valence-electron chi connectivity index (χ3n) is 2.79. The number of nitrogens with two attached hydrogens (primary N) is 1. The molecule has 0 fully saturated rings. The highest BCUT2D eigenvalue weighted by Gasteiger charge is 2.17. The lowest BCUT2D eigenvalue weighted by Crippen LogP contribution is -2.34. The summed E-state index contributed by atoms with van der Waals surface area (Å²) in [5, 5.41) is 0. The first kappa shape index (κ1) is 12.7. The van der Waals surface area contributed by atoms with Crippen LogP contribution >= 0.6 is 0 Å². The van der Waals surface area contributed by atoms with E-state index in [2.05, 4.69) is 0 Å². The Morgan fingerprint density at radius 3 is 2.72 bits per heavy atom. The van der Waals surface area contributed by atoms with E-state index in [0.29, 0.717) is 38.5 Å². The van der Waals surface area contributed by atoms with Crippen LogP contribution < -0.4 is 20.1 Å². The van der Waals surface area contributed by atoms with Crippen molar-refractivity contribution in [2.75, 3.05) is 31.2 Å². The maximum Gasteiger partial charge on any atom is 0.226 e. The van der Waals surface area contributed by atoms with Gasteiger partial charge in [-0.15, -0.1) is 0 Å². The zero-order chi connectivity index (χ0) is 13.0. The van der Waals surface area contributed by atoms with Crippen LogP contribution in [-0.2, 0) is 4.79 Å². The fourth-order valence-corrected chi connectivity index (χ4v) is 1.92. The van der Waals surface area contributed by atoms with Crippen LogP contribution in [0, 0.1) is 0 Å². The van der Waals surface area contributed by atoms with Crippen molar-refractivity contribution in [1.82, 2.24) is 0 Å². The highest BCUT2D eigenvalue weighted by atomic mass is 16.6. The Morgan fingerprint density at radius 1 is 1.33 bits per heavy atom. The van der Waals surface area contributed by atoms with Gasteiger partial charge in [-0.2, -0.15) is 0 Å². The molecule has 0 atom stereocenters. The molecular weight excluding hydrogens is 232 g/mol. The van der Waals surface area contributed by atoms with Gasteiger partial charge < -0.3 is 20.1 Å². The molecule has 1 amide bonds. The summed E-state index contributed by atoms with van der Waals surface area (Å²) in [4.78, 5) is 13.5. The quantitative estimate of drug-likeness (QED) is 0.871. The minimum atomic E-state index is 0.0529. The molecule has 98 valence electrons. The topological polar surface area (TPSA) is 64.8 Å². The fourth-order valence-electron chi connectivity index (χ4n) is 1.92. The van der Waals surface area contributed by atoms with Crippen LogP contribution in [0.2, 0.25) is 0 Å². The molecule has 2 rings (SSSR count). The number of benzene rings is 1. The van der Waals surface area contributed by atoms with Gasteiger partial charge in [0.2, 0.25) is 5.91 Å². The van der Waals surface area contributed by atoms with Crippen LogP contribution in [0.15, 0.2) is 18.2 Å². The highest BCUT2D eigenvalue weighted by molar-refractivity contribution is 5.93. The second-order valence-electron chi connectivity index (χ2n) is 4.02. The van der Waals surface area contributed by atoms with Gasteiger partial charge >= 0.3 is 0 Å². The van der Waals surface area contributed by atoms with Gasteiger partial charge in [-0.25, -0.2) is 0 Å². The Morgan fingerprint density at radius 2 is 2.06 bits per heavy atom. The van der Waals surface area contributed by atoms with Crippen molar-refractivity contribution in [3.05, 3.63) is 18.2 Å². The molecule has 2 N–H and O–H groups in total. The van der Waals surface area contributed by atoms with E-state index in [-0.39, 0.29) is 5.91 Å². The van der Waals surface area contributed by atoms with Crippen LogP contribution in [0.4, 0.5) is 5.69 Å². The minimum absolute atomic E-state index is 0.0529. The van der Waals surface area contributed by atoms with Gasteiger partial charge in [0.05, 0.1) is 0 Å². The van der Waals surface area contributed by atoms with E-state index in [4.69, 9.17) is 15.2 Å². The zero-order valence-corrected chi connectivity index (χ0v) is 10.5. The molecule has 0 bridgehead atoms. The Labute approximate surface area is 106 Å². The molecule has 0 saturated carbocycles. The van der Waals surface area contributed by atoms with Crippen molar-refractivity contribution in [2.45, 2.75) is 13.3 Å². The summed E-state index contributed by atoms with van der Waals surface area (Å²) in [5.41, 5.74) is 6.35. The molecule has 0 saturated heterocycles. The molecule has 1 aromatic rings. The Balaban J connectivity index is 2.27. The van der Waals surface area contributed by atoms with Crippen LogP contribution in [0.3, 0.4) is 0 Å². The van der Waals surface area contributed by atoms with Gasteiger partial charge in [-0.1, -0.05) is 6.92 Å². The largest absolute Gasteiger partial charge is 0.486 e. The van der Waals surface area contributed by atoms with Crippen molar-refractivity contribution in [2.24, 2.45) is 5.73 Å². The van der Waals surface area contributed by atoms with E-state index >= 15 is 0 Å². The lowest BCUT2D eigenvalue weighted by atomic mass is 10.2. The van der Waals surface area contributed by atoms with E-state index < -0.39 is 0 Å².